The van der Waals surface area contributed by atoms with Gasteiger partial charge in [0.2, 0.25) is 15.9 Å². The minimum atomic E-state index is -3.56. The van der Waals surface area contributed by atoms with E-state index in [-0.39, 0.29) is 22.0 Å². The molecule has 1 aromatic carbocycles. The zero-order valence-corrected chi connectivity index (χ0v) is 20.4. The van der Waals surface area contributed by atoms with Crippen LogP contribution in [0.5, 0.6) is 5.75 Å². The summed E-state index contributed by atoms with van der Waals surface area (Å²) in [5.74, 6) is 0.633. The number of hydrogen-bond donors (Lipinski definition) is 1. The van der Waals surface area contributed by atoms with Crippen LogP contribution in [0.4, 0.5) is 5.69 Å². The number of amides is 1. The molecule has 0 radical (unpaired) electrons. The van der Waals surface area contributed by atoms with E-state index in [1.807, 2.05) is 20.9 Å². The van der Waals surface area contributed by atoms with Crippen molar-refractivity contribution in [1.29, 1.82) is 0 Å². The van der Waals surface area contributed by atoms with Gasteiger partial charge in [0.25, 0.3) is 0 Å². The highest BCUT2D eigenvalue weighted by molar-refractivity contribution is 8.00. The van der Waals surface area contributed by atoms with Crippen molar-refractivity contribution in [2.75, 3.05) is 45.7 Å². The molecule has 1 atom stereocenters. The molecule has 1 aromatic heterocycles. The molecule has 1 unspecified atom stereocenters. The van der Waals surface area contributed by atoms with Gasteiger partial charge in [-0.05, 0) is 49.4 Å². The largest absolute Gasteiger partial charge is 0.497 e. The van der Waals surface area contributed by atoms with Crippen molar-refractivity contribution in [1.82, 2.24) is 14.2 Å². The van der Waals surface area contributed by atoms with Crippen LogP contribution in [-0.2, 0) is 14.8 Å². The molecule has 3 rings (SSSR count). The summed E-state index contributed by atoms with van der Waals surface area (Å²) < 4.78 is 32.4. The van der Waals surface area contributed by atoms with Gasteiger partial charge in [0.05, 0.1) is 17.4 Å². The average molecular weight is 479 g/mol. The zero-order valence-electron chi connectivity index (χ0n) is 18.8. The molecule has 1 N–H and O–H groups in total. The van der Waals surface area contributed by atoms with E-state index in [1.165, 1.54) is 22.3 Å². The number of sulfonamides is 1. The molecular formula is C22H30N4O4S2. The lowest BCUT2D eigenvalue weighted by molar-refractivity contribution is -0.116. The monoisotopic (exact) mass is 478 g/mol. The number of carbonyl (C=O) groups is 1. The topological polar surface area (TPSA) is 91.8 Å². The third-order valence-corrected chi connectivity index (χ3v) is 8.66. The second-order valence-corrected chi connectivity index (χ2v) is 11.1. The fourth-order valence-electron chi connectivity index (χ4n) is 3.28. The Morgan fingerprint density at radius 3 is 2.28 bits per heavy atom. The maximum atomic E-state index is 12.9. The Labute approximate surface area is 194 Å². The van der Waals surface area contributed by atoms with Gasteiger partial charge in [-0.1, -0.05) is 25.6 Å². The first-order valence-electron chi connectivity index (χ1n) is 10.5. The Morgan fingerprint density at radius 1 is 1.09 bits per heavy atom. The molecule has 0 saturated carbocycles. The summed E-state index contributed by atoms with van der Waals surface area (Å²) in [6.45, 7) is 6.29. The van der Waals surface area contributed by atoms with Crippen LogP contribution < -0.4 is 10.1 Å². The number of nitrogens with one attached hydrogen (secondary N) is 1. The molecular weight excluding hydrogens is 448 g/mol. The van der Waals surface area contributed by atoms with Gasteiger partial charge in [-0.3, -0.25) is 4.79 Å². The highest BCUT2D eigenvalue weighted by atomic mass is 32.2. The van der Waals surface area contributed by atoms with Crippen molar-refractivity contribution < 1.29 is 17.9 Å². The summed E-state index contributed by atoms with van der Waals surface area (Å²) in [6, 6.07) is 10.4. The molecule has 8 nitrogen and oxygen atoms in total. The Hall–Kier alpha value is -2.14. The van der Waals surface area contributed by atoms with Gasteiger partial charge >= 0.3 is 0 Å². The van der Waals surface area contributed by atoms with Crippen LogP contribution >= 0.6 is 11.8 Å². The molecule has 1 aliphatic heterocycles. The van der Waals surface area contributed by atoms with Gasteiger partial charge in [0, 0.05) is 38.1 Å². The Morgan fingerprint density at radius 2 is 1.75 bits per heavy atom. The standard InChI is InChI=1S/C22H30N4O4S2/c1-16(2)21(22(27)24-17-5-7-18(30-4)8-6-17)31-20-10-9-19(15-23-20)32(28,29)26-13-11-25(3)12-14-26/h5-10,15-16,21H,11-14H2,1-4H3,(H,24,27). The van der Waals surface area contributed by atoms with Gasteiger partial charge in [0.1, 0.15) is 10.6 Å². The van der Waals surface area contributed by atoms with E-state index in [1.54, 1.807) is 43.5 Å². The highest BCUT2D eigenvalue weighted by Gasteiger charge is 2.28. The third-order valence-electron chi connectivity index (χ3n) is 5.28. The average Bonchev–Trinajstić information content (AvgIpc) is 2.78. The van der Waals surface area contributed by atoms with Crippen LogP contribution in [-0.4, -0.2) is 74.1 Å². The van der Waals surface area contributed by atoms with E-state index in [0.29, 0.717) is 42.6 Å². The van der Waals surface area contributed by atoms with Crippen LogP contribution in [0.1, 0.15) is 13.8 Å². The van der Waals surface area contributed by atoms with Crippen molar-refractivity contribution in [3.63, 3.8) is 0 Å². The van der Waals surface area contributed by atoms with Crippen molar-refractivity contribution in [2.45, 2.75) is 29.0 Å². The normalized spacial score (nSPS) is 16.7. The summed E-state index contributed by atoms with van der Waals surface area (Å²) in [6.07, 6.45) is 1.38. The highest BCUT2D eigenvalue weighted by Crippen LogP contribution is 2.29. The summed E-state index contributed by atoms with van der Waals surface area (Å²) in [5.41, 5.74) is 0.684. The predicted octanol–water partition coefficient (Wildman–Crippen LogP) is 2.78. The molecule has 1 saturated heterocycles. The molecule has 2 heterocycles. The molecule has 1 amide bonds. The van der Waals surface area contributed by atoms with Crippen LogP contribution in [0.15, 0.2) is 52.5 Å². The number of anilines is 1. The smallest absolute Gasteiger partial charge is 0.244 e. The van der Waals surface area contributed by atoms with E-state index in [2.05, 4.69) is 15.2 Å². The van der Waals surface area contributed by atoms with Crippen LogP contribution in [0.2, 0.25) is 0 Å². The third kappa shape index (κ3) is 6.00. The van der Waals surface area contributed by atoms with E-state index >= 15 is 0 Å². The first-order valence-corrected chi connectivity index (χ1v) is 12.8. The summed E-state index contributed by atoms with van der Waals surface area (Å²) >= 11 is 1.32. The lowest BCUT2D eigenvalue weighted by atomic mass is 10.1. The van der Waals surface area contributed by atoms with E-state index in [0.717, 1.165) is 0 Å². The number of nitrogens with zero attached hydrogens (tertiary/aromatic N) is 3. The lowest BCUT2D eigenvalue weighted by Gasteiger charge is -2.31. The van der Waals surface area contributed by atoms with E-state index < -0.39 is 10.0 Å². The van der Waals surface area contributed by atoms with Crippen LogP contribution in [0, 0.1) is 5.92 Å². The number of methoxy groups -OCH3 is 1. The number of thioether (sulfide) groups is 1. The fourth-order valence-corrected chi connectivity index (χ4v) is 5.60. The molecule has 1 fully saturated rings. The number of piperazine rings is 1. The zero-order chi connectivity index (χ0) is 23.3. The molecule has 0 spiro atoms. The maximum Gasteiger partial charge on any atom is 0.244 e. The number of rotatable bonds is 8. The first kappa shape index (κ1) is 24.5. The SMILES string of the molecule is COc1ccc(NC(=O)C(Sc2ccc(S(=O)(=O)N3CCN(C)CC3)cn2)C(C)C)cc1. The molecule has 0 bridgehead atoms. The minimum Gasteiger partial charge on any atom is -0.497 e. The number of benzene rings is 1. The molecule has 1 aliphatic rings. The van der Waals surface area contributed by atoms with Crippen molar-refractivity contribution >= 4 is 33.4 Å². The number of pyridine rings is 1. The number of likely N-dealkylation sites (N-methyl/N-ethyl adjacent to an activating group) is 1. The molecule has 0 aliphatic carbocycles. The van der Waals surface area contributed by atoms with Crippen molar-refractivity contribution in [3.05, 3.63) is 42.6 Å². The predicted molar refractivity (Wildman–Crippen MR) is 127 cm³/mol. The van der Waals surface area contributed by atoms with Gasteiger partial charge in [-0.25, -0.2) is 13.4 Å². The van der Waals surface area contributed by atoms with Crippen molar-refractivity contribution in [2.24, 2.45) is 5.92 Å². The summed E-state index contributed by atoms with van der Waals surface area (Å²) in [5, 5.41) is 3.15. The Bertz CT molecular complexity index is 1000. The Kier molecular flexibility index (Phi) is 8.16. The van der Waals surface area contributed by atoms with E-state index in [4.69, 9.17) is 4.74 Å². The molecule has 32 heavy (non-hydrogen) atoms. The molecule has 2 aromatic rings. The summed E-state index contributed by atoms with van der Waals surface area (Å²) in [4.78, 5) is 19.5. The lowest BCUT2D eigenvalue weighted by Crippen LogP contribution is -2.47. The second-order valence-electron chi connectivity index (χ2n) is 8.04. The quantitative estimate of drug-likeness (QED) is 0.583. The number of carbonyl (C=O) groups excluding carboxylic acids is 1. The second kappa shape index (κ2) is 10.7. The fraction of sp³-hybridized carbons (Fsp3) is 0.455. The summed E-state index contributed by atoms with van der Waals surface area (Å²) in [7, 11) is 0.00613. The minimum absolute atomic E-state index is 0.0498. The molecule has 174 valence electrons. The van der Waals surface area contributed by atoms with Gasteiger partial charge in [-0.15, -0.1) is 0 Å². The van der Waals surface area contributed by atoms with Crippen LogP contribution in [0.25, 0.3) is 0 Å². The van der Waals surface area contributed by atoms with Gasteiger partial charge in [-0.2, -0.15) is 4.31 Å². The Balaban J connectivity index is 1.67. The maximum absolute atomic E-state index is 12.9. The van der Waals surface area contributed by atoms with Gasteiger partial charge < -0.3 is 15.0 Å². The van der Waals surface area contributed by atoms with Crippen molar-refractivity contribution in [3.8, 4) is 5.75 Å². The number of aromatic nitrogens is 1. The number of hydrogen-bond acceptors (Lipinski definition) is 7. The van der Waals surface area contributed by atoms with Gasteiger partial charge in [0.15, 0.2) is 0 Å². The first-order chi connectivity index (χ1) is 15.2. The van der Waals surface area contributed by atoms with E-state index in [9.17, 15) is 13.2 Å². The molecule has 10 heteroatoms. The number of ether oxygens (including phenoxy) is 1. The van der Waals surface area contributed by atoms with Crippen LogP contribution in [0.3, 0.4) is 0 Å².